The van der Waals surface area contributed by atoms with Crippen molar-refractivity contribution in [1.82, 2.24) is 9.80 Å². The fourth-order valence-corrected chi connectivity index (χ4v) is 3.87. The summed E-state index contributed by atoms with van der Waals surface area (Å²) in [5.74, 6) is 1.52. The maximum absolute atomic E-state index is 6.25. The summed E-state index contributed by atoms with van der Waals surface area (Å²) in [6.45, 7) is 11.4. The van der Waals surface area contributed by atoms with E-state index in [2.05, 4.69) is 44.7 Å². The summed E-state index contributed by atoms with van der Waals surface area (Å²) in [5, 5.41) is 0. The summed E-state index contributed by atoms with van der Waals surface area (Å²) >= 11 is 0. The first-order chi connectivity index (χ1) is 8.97. The van der Waals surface area contributed by atoms with Crippen molar-refractivity contribution < 1.29 is 0 Å². The van der Waals surface area contributed by atoms with Crippen molar-refractivity contribution in [2.75, 3.05) is 40.3 Å². The average molecular weight is 269 g/mol. The molecule has 3 atom stereocenters. The molecular weight excluding hydrogens is 234 g/mol. The monoisotopic (exact) mass is 269 g/mol. The molecular formula is C16H35N3. The Morgan fingerprint density at radius 1 is 1.21 bits per heavy atom. The predicted octanol–water partition coefficient (Wildman–Crippen LogP) is 2.41. The molecule has 0 bridgehead atoms. The quantitative estimate of drug-likeness (QED) is 0.770. The lowest BCUT2D eigenvalue weighted by atomic mass is 9.67. The highest BCUT2D eigenvalue weighted by Gasteiger charge is 2.43. The lowest BCUT2D eigenvalue weighted by Gasteiger charge is -2.52. The lowest BCUT2D eigenvalue weighted by Crippen LogP contribution is -2.61. The van der Waals surface area contributed by atoms with Crippen LogP contribution in [0.3, 0.4) is 0 Å². The van der Waals surface area contributed by atoms with Crippen LogP contribution in [0.25, 0.3) is 0 Å². The van der Waals surface area contributed by atoms with Gasteiger partial charge in [-0.2, -0.15) is 0 Å². The van der Waals surface area contributed by atoms with Crippen LogP contribution in [-0.2, 0) is 0 Å². The van der Waals surface area contributed by atoms with Gasteiger partial charge < -0.3 is 10.6 Å². The third-order valence-electron chi connectivity index (χ3n) is 5.37. The van der Waals surface area contributed by atoms with Crippen molar-refractivity contribution in [2.24, 2.45) is 17.6 Å². The van der Waals surface area contributed by atoms with Gasteiger partial charge in [0.2, 0.25) is 0 Å². The highest BCUT2D eigenvalue weighted by molar-refractivity contribution is 5.00. The van der Waals surface area contributed by atoms with Crippen LogP contribution < -0.4 is 5.73 Å². The van der Waals surface area contributed by atoms with Gasteiger partial charge in [-0.1, -0.05) is 33.6 Å². The van der Waals surface area contributed by atoms with E-state index >= 15 is 0 Å². The second-order valence-corrected chi connectivity index (χ2v) is 6.70. The summed E-state index contributed by atoms with van der Waals surface area (Å²) in [6, 6.07) is 0. The summed E-state index contributed by atoms with van der Waals surface area (Å²) in [7, 11) is 4.31. The van der Waals surface area contributed by atoms with Crippen molar-refractivity contribution in [3.05, 3.63) is 0 Å². The molecule has 3 nitrogen and oxygen atoms in total. The van der Waals surface area contributed by atoms with E-state index in [1.165, 1.54) is 38.8 Å². The molecule has 0 radical (unpaired) electrons. The topological polar surface area (TPSA) is 32.5 Å². The van der Waals surface area contributed by atoms with E-state index in [9.17, 15) is 0 Å². The third kappa shape index (κ3) is 3.93. The molecule has 114 valence electrons. The molecule has 1 fully saturated rings. The van der Waals surface area contributed by atoms with Crippen molar-refractivity contribution in [3.63, 3.8) is 0 Å². The van der Waals surface area contributed by atoms with Crippen LogP contribution in [0.2, 0.25) is 0 Å². The Morgan fingerprint density at radius 3 is 2.42 bits per heavy atom. The molecule has 2 N–H and O–H groups in total. The zero-order valence-electron chi connectivity index (χ0n) is 13.8. The van der Waals surface area contributed by atoms with Crippen LogP contribution in [-0.4, -0.2) is 55.6 Å². The number of rotatable bonds is 7. The molecule has 0 saturated heterocycles. The highest BCUT2D eigenvalue weighted by Crippen LogP contribution is 2.41. The van der Waals surface area contributed by atoms with E-state index in [-0.39, 0.29) is 5.54 Å². The second kappa shape index (κ2) is 7.61. The van der Waals surface area contributed by atoms with E-state index in [4.69, 9.17) is 5.73 Å². The summed E-state index contributed by atoms with van der Waals surface area (Å²) in [6.07, 6.45) is 5.24. The zero-order chi connectivity index (χ0) is 14.5. The number of likely N-dealkylation sites (N-methyl/N-ethyl adjacent to an activating group) is 1. The Kier molecular flexibility index (Phi) is 6.78. The molecule has 0 aromatic heterocycles. The smallest absolute Gasteiger partial charge is 0.0359 e. The molecule has 0 aromatic rings. The Hall–Kier alpha value is -0.120. The second-order valence-electron chi connectivity index (χ2n) is 6.70. The first kappa shape index (κ1) is 16.9. The lowest BCUT2D eigenvalue weighted by molar-refractivity contribution is -0.00914. The molecule has 3 heteroatoms. The molecule has 1 aliphatic carbocycles. The molecule has 0 amide bonds. The fraction of sp³-hybridized carbons (Fsp3) is 1.00. The van der Waals surface area contributed by atoms with E-state index in [1.807, 2.05) is 0 Å². The Labute approximate surface area is 120 Å². The van der Waals surface area contributed by atoms with E-state index in [1.54, 1.807) is 0 Å². The molecule has 0 aromatic carbocycles. The van der Waals surface area contributed by atoms with Gasteiger partial charge in [-0.15, -0.1) is 0 Å². The molecule has 1 saturated carbocycles. The van der Waals surface area contributed by atoms with Gasteiger partial charge in [0.15, 0.2) is 0 Å². The predicted molar refractivity (Wildman–Crippen MR) is 84.4 cm³/mol. The molecule has 0 spiro atoms. The Morgan fingerprint density at radius 2 is 1.89 bits per heavy atom. The SMILES string of the molecule is CCN(CCCN(C)C)C1(CN)CCCC(C)C1C. The molecule has 19 heavy (non-hydrogen) atoms. The first-order valence-electron chi connectivity index (χ1n) is 8.07. The molecule has 0 aliphatic heterocycles. The maximum Gasteiger partial charge on any atom is 0.0359 e. The fourth-order valence-electron chi connectivity index (χ4n) is 3.87. The number of hydrogen-bond donors (Lipinski definition) is 1. The molecule has 1 rings (SSSR count). The Bertz CT molecular complexity index is 254. The van der Waals surface area contributed by atoms with Gasteiger partial charge in [-0.3, -0.25) is 4.90 Å². The molecule has 3 unspecified atom stereocenters. The van der Waals surface area contributed by atoms with E-state index in [0.29, 0.717) is 5.92 Å². The largest absolute Gasteiger partial charge is 0.329 e. The zero-order valence-corrected chi connectivity index (χ0v) is 13.8. The van der Waals surface area contributed by atoms with Gasteiger partial charge in [0.05, 0.1) is 0 Å². The Balaban J connectivity index is 2.72. The van der Waals surface area contributed by atoms with Crippen molar-refractivity contribution in [1.29, 1.82) is 0 Å². The van der Waals surface area contributed by atoms with Crippen LogP contribution in [0.15, 0.2) is 0 Å². The van der Waals surface area contributed by atoms with Gasteiger partial charge in [0.25, 0.3) is 0 Å². The summed E-state index contributed by atoms with van der Waals surface area (Å²) in [4.78, 5) is 4.95. The summed E-state index contributed by atoms with van der Waals surface area (Å²) in [5.41, 5.74) is 6.50. The van der Waals surface area contributed by atoms with Crippen molar-refractivity contribution >= 4 is 0 Å². The van der Waals surface area contributed by atoms with Crippen LogP contribution >= 0.6 is 0 Å². The van der Waals surface area contributed by atoms with Gasteiger partial charge in [-0.25, -0.2) is 0 Å². The molecule has 0 heterocycles. The minimum Gasteiger partial charge on any atom is -0.329 e. The van der Waals surface area contributed by atoms with Crippen LogP contribution in [0.4, 0.5) is 0 Å². The van der Waals surface area contributed by atoms with Crippen molar-refractivity contribution in [3.8, 4) is 0 Å². The normalized spacial score (nSPS) is 32.2. The number of nitrogens with two attached hydrogens (primary N) is 1. The highest BCUT2D eigenvalue weighted by atomic mass is 15.2. The number of nitrogens with zero attached hydrogens (tertiary/aromatic N) is 2. The third-order valence-corrected chi connectivity index (χ3v) is 5.37. The van der Waals surface area contributed by atoms with Crippen LogP contribution in [0.5, 0.6) is 0 Å². The minimum atomic E-state index is 0.249. The maximum atomic E-state index is 6.25. The number of hydrogen-bond acceptors (Lipinski definition) is 3. The standard InChI is InChI=1S/C16H35N3/c1-6-19(12-8-11-18(4)5)16(13-17)10-7-9-14(2)15(16)3/h14-15H,6-13,17H2,1-5H3. The van der Waals surface area contributed by atoms with Crippen LogP contribution in [0, 0.1) is 11.8 Å². The van der Waals surface area contributed by atoms with Crippen molar-refractivity contribution in [2.45, 2.75) is 52.0 Å². The van der Waals surface area contributed by atoms with Gasteiger partial charge in [-0.05, 0) is 58.4 Å². The van der Waals surface area contributed by atoms with Crippen LogP contribution in [0.1, 0.15) is 46.5 Å². The van der Waals surface area contributed by atoms with Gasteiger partial charge in [0, 0.05) is 12.1 Å². The molecule has 1 aliphatic rings. The van der Waals surface area contributed by atoms with Gasteiger partial charge >= 0.3 is 0 Å². The first-order valence-corrected chi connectivity index (χ1v) is 8.07. The van der Waals surface area contributed by atoms with E-state index < -0.39 is 0 Å². The minimum absolute atomic E-state index is 0.249. The average Bonchev–Trinajstić information content (AvgIpc) is 2.38. The van der Waals surface area contributed by atoms with Gasteiger partial charge in [0.1, 0.15) is 0 Å². The van der Waals surface area contributed by atoms with E-state index in [0.717, 1.165) is 19.0 Å². The summed E-state index contributed by atoms with van der Waals surface area (Å²) < 4.78 is 0.